The number of phenolic OH excluding ortho intramolecular Hbond substituents is 1. The molecule has 4 heteroatoms. The van der Waals surface area contributed by atoms with Gasteiger partial charge in [-0.15, -0.1) is 0 Å². The molecule has 0 unspecified atom stereocenters. The van der Waals surface area contributed by atoms with Crippen molar-refractivity contribution in [2.45, 2.75) is 0 Å². The lowest BCUT2D eigenvalue weighted by Crippen LogP contribution is -2.14. The molecule has 0 saturated heterocycles. The van der Waals surface area contributed by atoms with Gasteiger partial charge in [-0.2, -0.15) is 0 Å². The normalized spacial score (nSPS) is 9.83. The van der Waals surface area contributed by atoms with Crippen LogP contribution in [-0.2, 0) is 0 Å². The minimum absolute atomic E-state index is 0.0418. The molecule has 0 spiro atoms. The molecule has 1 aromatic carbocycles. The van der Waals surface area contributed by atoms with E-state index in [1.165, 1.54) is 6.07 Å². The fourth-order valence-corrected chi connectivity index (χ4v) is 1.47. The van der Waals surface area contributed by atoms with Crippen LogP contribution >= 0.6 is 15.9 Å². The lowest BCUT2D eigenvalue weighted by atomic mass is 10.1. The number of benzene rings is 1. The lowest BCUT2D eigenvalue weighted by molar-refractivity contribution is 0.0998. The number of rotatable bonds is 2. The third kappa shape index (κ3) is 1.65. The van der Waals surface area contributed by atoms with Crippen LogP contribution in [-0.4, -0.2) is 17.4 Å². The van der Waals surface area contributed by atoms with E-state index in [1.54, 1.807) is 12.1 Å². The number of hydrogen-bond acceptors (Lipinski definition) is 3. The Kier molecular flexibility index (Phi) is 2.83. The number of phenols is 1. The molecule has 0 atom stereocenters. The molecule has 0 heterocycles. The number of Topliss-reactive ketones (excluding diaryl/α,β-unsaturated/α-hetero) is 1. The number of carbonyl (C=O) groups is 1. The summed E-state index contributed by atoms with van der Waals surface area (Å²) >= 11 is 3.15. The summed E-state index contributed by atoms with van der Waals surface area (Å²) in [5, 5.41) is 9.29. The molecule has 1 rings (SSSR count). The number of ketones is 1. The number of nitrogens with two attached hydrogens (primary N) is 1. The monoisotopic (exact) mass is 229 g/mol. The lowest BCUT2D eigenvalue weighted by Gasteiger charge is -2.03. The Morgan fingerprint density at radius 2 is 2.25 bits per heavy atom. The van der Waals surface area contributed by atoms with Gasteiger partial charge in [0.15, 0.2) is 5.78 Å². The second kappa shape index (κ2) is 3.69. The predicted molar refractivity (Wildman–Crippen MR) is 49.2 cm³/mol. The third-order valence-electron chi connectivity index (χ3n) is 1.46. The Morgan fingerprint density at radius 1 is 1.58 bits per heavy atom. The Morgan fingerprint density at radius 3 is 2.75 bits per heavy atom. The maximum atomic E-state index is 11.1. The molecule has 0 aliphatic heterocycles. The number of hydrogen-bond donors (Lipinski definition) is 2. The van der Waals surface area contributed by atoms with Crippen molar-refractivity contribution in [3.8, 4) is 5.75 Å². The first kappa shape index (κ1) is 9.22. The number of aromatic hydroxyl groups is 1. The quantitative estimate of drug-likeness (QED) is 0.752. The standard InChI is InChI=1S/C8H8BrNO2/c9-5-2-1-3-6(11)8(5)7(12)4-10/h1-3,11H,4,10H2. The maximum absolute atomic E-state index is 11.1. The van der Waals surface area contributed by atoms with Crippen LogP contribution in [0.3, 0.4) is 0 Å². The van der Waals surface area contributed by atoms with Crippen molar-refractivity contribution in [1.82, 2.24) is 0 Å². The van der Waals surface area contributed by atoms with Crippen LogP contribution in [0.15, 0.2) is 22.7 Å². The predicted octanol–water partition coefficient (Wildman–Crippen LogP) is 1.30. The van der Waals surface area contributed by atoms with E-state index in [2.05, 4.69) is 15.9 Å². The summed E-state index contributed by atoms with van der Waals surface area (Å²) in [6, 6.07) is 4.78. The minimum atomic E-state index is -0.278. The van der Waals surface area contributed by atoms with Gasteiger partial charge in [-0.1, -0.05) is 6.07 Å². The Hall–Kier alpha value is -0.870. The van der Waals surface area contributed by atoms with Crippen molar-refractivity contribution in [2.75, 3.05) is 6.54 Å². The highest BCUT2D eigenvalue weighted by Crippen LogP contribution is 2.25. The Labute approximate surface area is 78.3 Å². The Bertz CT molecular complexity index is 292. The molecular weight excluding hydrogens is 222 g/mol. The summed E-state index contributed by atoms with van der Waals surface area (Å²) in [5.74, 6) is -0.320. The van der Waals surface area contributed by atoms with Crippen molar-refractivity contribution >= 4 is 21.7 Å². The van der Waals surface area contributed by atoms with Gasteiger partial charge in [-0.05, 0) is 28.1 Å². The van der Waals surface area contributed by atoms with E-state index in [1.807, 2.05) is 0 Å². The molecule has 3 N–H and O–H groups in total. The van der Waals surface area contributed by atoms with Crippen LogP contribution in [0.25, 0.3) is 0 Å². The summed E-state index contributed by atoms with van der Waals surface area (Å²) in [7, 11) is 0. The molecule has 64 valence electrons. The average Bonchev–Trinajstić information content (AvgIpc) is 2.03. The SMILES string of the molecule is NCC(=O)c1c(O)cccc1Br. The molecule has 3 nitrogen and oxygen atoms in total. The second-order valence-corrected chi connectivity index (χ2v) is 3.12. The third-order valence-corrected chi connectivity index (χ3v) is 2.12. The van der Waals surface area contributed by atoms with Gasteiger partial charge in [0, 0.05) is 4.47 Å². The van der Waals surface area contributed by atoms with Gasteiger partial charge >= 0.3 is 0 Å². The summed E-state index contributed by atoms with van der Waals surface area (Å²) in [4.78, 5) is 11.1. The fraction of sp³-hybridized carbons (Fsp3) is 0.125. The number of halogens is 1. The van der Waals surface area contributed by atoms with Crippen LogP contribution in [0.4, 0.5) is 0 Å². The summed E-state index contributed by atoms with van der Waals surface area (Å²) < 4.78 is 0.568. The van der Waals surface area contributed by atoms with Crippen molar-refractivity contribution in [2.24, 2.45) is 5.73 Å². The average molecular weight is 230 g/mol. The van der Waals surface area contributed by atoms with Crippen molar-refractivity contribution < 1.29 is 9.90 Å². The smallest absolute Gasteiger partial charge is 0.181 e. The van der Waals surface area contributed by atoms with E-state index >= 15 is 0 Å². The van der Waals surface area contributed by atoms with Crippen molar-refractivity contribution in [1.29, 1.82) is 0 Å². The number of carbonyl (C=O) groups excluding carboxylic acids is 1. The van der Waals surface area contributed by atoms with Crippen LogP contribution in [0.2, 0.25) is 0 Å². The largest absolute Gasteiger partial charge is 0.507 e. The molecule has 0 aliphatic rings. The Balaban J connectivity index is 3.21. The molecular formula is C8H8BrNO2. The van der Waals surface area contributed by atoms with Crippen molar-refractivity contribution in [3.05, 3.63) is 28.2 Å². The van der Waals surface area contributed by atoms with Gasteiger partial charge in [0.25, 0.3) is 0 Å². The first-order valence-corrected chi connectivity index (χ1v) is 4.17. The first-order valence-electron chi connectivity index (χ1n) is 3.37. The van der Waals surface area contributed by atoms with Crippen LogP contribution in [0.5, 0.6) is 5.75 Å². The summed E-state index contributed by atoms with van der Waals surface area (Å²) in [6.07, 6.45) is 0. The molecule has 1 aromatic rings. The van der Waals surface area contributed by atoms with Gasteiger partial charge in [-0.3, -0.25) is 4.79 Å². The van der Waals surface area contributed by atoms with E-state index in [-0.39, 0.29) is 23.6 Å². The zero-order valence-electron chi connectivity index (χ0n) is 6.25. The van der Waals surface area contributed by atoms with Gasteiger partial charge in [0.05, 0.1) is 12.1 Å². The van der Waals surface area contributed by atoms with E-state index in [9.17, 15) is 9.90 Å². The van der Waals surface area contributed by atoms with Crippen molar-refractivity contribution in [3.63, 3.8) is 0 Å². The molecule has 12 heavy (non-hydrogen) atoms. The zero-order chi connectivity index (χ0) is 9.14. The highest BCUT2D eigenvalue weighted by Gasteiger charge is 2.12. The molecule has 0 saturated carbocycles. The molecule has 0 amide bonds. The van der Waals surface area contributed by atoms with Gasteiger partial charge in [0.2, 0.25) is 0 Å². The van der Waals surface area contributed by atoms with E-state index in [0.717, 1.165) is 0 Å². The molecule has 0 fully saturated rings. The van der Waals surface area contributed by atoms with Gasteiger partial charge in [0.1, 0.15) is 5.75 Å². The van der Waals surface area contributed by atoms with E-state index < -0.39 is 0 Å². The molecule has 0 radical (unpaired) electrons. The molecule has 0 aromatic heterocycles. The van der Waals surface area contributed by atoms with E-state index in [4.69, 9.17) is 5.73 Å². The minimum Gasteiger partial charge on any atom is -0.507 e. The van der Waals surface area contributed by atoms with Crippen LogP contribution in [0.1, 0.15) is 10.4 Å². The highest BCUT2D eigenvalue weighted by atomic mass is 79.9. The summed E-state index contributed by atoms with van der Waals surface area (Å²) in [5.41, 5.74) is 5.41. The molecule has 0 bridgehead atoms. The topological polar surface area (TPSA) is 63.3 Å². The van der Waals surface area contributed by atoms with Gasteiger partial charge in [-0.25, -0.2) is 0 Å². The second-order valence-electron chi connectivity index (χ2n) is 2.26. The maximum Gasteiger partial charge on any atom is 0.181 e. The van der Waals surface area contributed by atoms with Gasteiger partial charge < -0.3 is 10.8 Å². The highest BCUT2D eigenvalue weighted by molar-refractivity contribution is 9.10. The fourth-order valence-electron chi connectivity index (χ4n) is 0.891. The zero-order valence-corrected chi connectivity index (χ0v) is 7.84. The van der Waals surface area contributed by atoms with Crippen LogP contribution < -0.4 is 5.73 Å². The van der Waals surface area contributed by atoms with Crippen LogP contribution in [0, 0.1) is 0 Å². The first-order chi connectivity index (χ1) is 5.66. The summed E-state index contributed by atoms with van der Waals surface area (Å²) in [6.45, 7) is -0.101. The molecule has 0 aliphatic carbocycles. The van der Waals surface area contributed by atoms with E-state index in [0.29, 0.717) is 4.47 Å².